The van der Waals surface area contributed by atoms with Crippen molar-refractivity contribution in [1.29, 1.82) is 0 Å². The Morgan fingerprint density at radius 1 is 0.880 bits per heavy atom. The van der Waals surface area contributed by atoms with Gasteiger partial charge in [-0.2, -0.15) is 5.10 Å². The highest BCUT2D eigenvalue weighted by Gasteiger charge is 2.19. The van der Waals surface area contributed by atoms with Crippen molar-refractivity contribution in [2.24, 2.45) is 7.05 Å². The van der Waals surface area contributed by atoms with Crippen LogP contribution in [0.15, 0.2) is 48.5 Å². The molecule has 4 nitrogen and oxygen atoms in total. The van der Waals surface area contributed by atoms with Crippen LogP contribution >= 0.6 is 11.6 Å². The van der Waals surface area contributed by atoms with Crippen molar-refractivity contribution in [1.82, 2.24) is 20.0 Å². The van der Waals surface area contributed by atoms with Crippen molar-refractivity contribution >= 4 is 22.6 Å². The molecule has 2 aromatic heterocycles. The van der Waals surface area contributed by atoms with Gasteiger partial charge in [0.1, 0.15) is 17.2 Å². The molecule has 2 aromatic carbocycles. The van der Waals surface area contributed by atoms with E-state index in [0.717, 1.165) is 16.7 Å². The normalized spacial score (nSPS) is 11.2. The minimum absolute atomic E-state index is 0.296. The first-order valence-corrected chi connectivity index (χ1v) is 8.14. The lowest BCUT2D eigenvalue weighted by atomic mass is 10.1. The molecule has 25 heavy (non-hydrogen) atoms. The predicted molar refractivity (Wildman–Crippen MR) is 96.9 cm³/mol. The highest BCUT2D eigenvalue weighted by molar-refractivity contribution is 6.38. The summed E-state index contributed by atoms with van der Waals surface area (Å²) in [6.07, 6.45) is 0. The van der Waals surface area contributed by atoms with E-state index in [4.69, 9.17) is 11.6 Å². The minimum Gasteiger partial charge on any atom is -0.248 e. The zero-order chi connectivity index (χ0) is 17.6. The van der Waals surface area contributed by atoms with Crippen LogP contribution in [0.3, 0.4) is 0 Å². The first-order valence-electron chi connectivity index (χ1n) is 7.76. The molecule has 0 saturated carbocycles. The number of nitrogens with zero attached hydrogens (tertiary/aromatic N) is 4. The van der Waals surface area contributed by atoms with Crippen LogP contribution in [-0.4, -0.2) is 20.0 Å². The molecular formula is C19H14ClFN4. The Hall–Kier alpha value is -2.79. The number of hydrogen-bond acceptors (Lipinski definition) is 3. The van der Waals surface area contributed by atoms with Crippen LogP contribution in [0.4, 0.5) is 4.39 Å². The fourth-order valence-corrected chi connectivity index (χ4v) is 3.12. The third-order valence-corrected chi connectivity index (χ3v) is 4.50. The summed E-state index contributed by atoms with van der Waals surface area (Å²) in [7, 11) is 1.78. The number of aromatic nitrogens is 4. The molecule has 4 rings (SSSR count). The van der Waals surface area contributed by atoms with Crippen molar-refractivity contribution in [2.45, 2.75) is 6.92 Å². The zero-order valence-corrected chi connectivity index (χ0v) is 14.4. The lowest BCUT2D eigenvalue weighted by Crippen LogP contribution is -1.95. The summed E-state index contributed by atoms with van der Waals surface area (Å²) in [5.41, 5.74) is 4.66. The molecule has 0 radical (unpaired) electrons. The monoisotopic (exact) mass is 352 g/mol. The number of rotatable bonds is 2. The van der Waals surface area contributed by atoms with Crippen LogP contribution in [0.2, 0.25) is 5.02 Å². The second-order valence-electron chi connectivity index (χ2n) is 5.91. The molecule has 0 amide bonds. The van der Waals surface area contributed by atoms with E-state index in [1.165, 1.54) is 12.1 Å². The molecule has 0 aliphatic carbocycles. The van der Waals surface area contributed by atoms with Crippen LogP contribution in [0, 0.1) is 12.7 Å². The SMILES string of the molecule is Cc1ccc(-c2nnc3c(c(-c4ccc(F)cc4)nn3C)c2Cl)cc1. The summed E-state index contributed by atoms with van der Waals surface area (Å²) in [5, 5.41) is 14.3. The van der Waals surface area contributed by atoms with E-state index in [2.05, 4.69) is 15.3 Å². The third-order valence-electron chi connectivity index (χ3n) is 4.13. The number of benzene rings is 2. The van der Waals surface area contributed by atoms with Crippen LogP contribution in [0.1, 0.15) is 5.56 Å². The standard InChI is InChI=1S/C19H14ClFN4/c1-11-3-5-13(6-4-11)18-16(20)15-17(12-7-9-14(21)10-8-12)24-25(2)19(15)23-22-18/h3-10H,1-2H3. The van der Waals surface area contributed by atoms with E-state index in [1.54, 1.807) is 23.9 Å². The van der Waals surface area contributed by atoms with Gasteiger partial charge in [0.05, 0.1) is 10.4 Å². The molecule has 0 unspecified atom stereocenters. The minimum atomic E-state index is -0.296. The average Bonchev–Trinajstić information content (AvgIpc) is 2.95. The molecule has 6 heteroatoms. The van der Waals surface area contributed by atoms with Crippen molar-refractivity contribution in [3.63, 3.8) is 0 Å². The van der Waals surface area contributed by atoms with Gasteiger partial charge in [-0.15, -0.1) is 10.2 Å². The molecule has 124 valence electrons. The molecule has 0 spiro atoms. The van der Waals surface area contributed by atoms with Crippen molar-refractivity contribution in [2.75, 3.05) is 0 Å². The summed E-state index contributed by atoms with van der Waals surface area (Å²) in [4.78, 5) is 0. The fraction of sp³-hybridized carbons (Fsp3) is 0.105. The van der Waals surface area contributed by atoms with E-state index >= 15 is 0 Å². The van der Waals surface area contributed by atoms with E-state index < -0.39 is 0 Å². The fourth-order valence-electron chi connectivity index (χ4n) is 2.80. The molecule has 2 heterocycles. The van der Waals surface area contributed by atoms with Gasteiger partial charge in [-0.05, 0) is 31.2 Å². The second kappa shape index (κ2) is 5.93. The van der Waals surface area contributed by atoms with Gasteiger partial charge in [-0.25, -0.2) is 9.07 Å². The Morgan fingerprint density at radius 2 is 1.48 bits per heavy atom. The maximum atomic E-state index is 13.2. The summed E-state index contributed by atoms with van der Waals surface area (Å²) < 4.78 is 14.9. The van der Waals surface area contributed by atoms with E-state index in [-0.39, 0.29) is 5.82 Å². The van der Waals surface area contributed by atoms with Gasteiger partial charge in [0.15, 0.2) is 5.65 Å². The smallest absolute Gasteiger partial charge is 0.182 e. The van der Waals surface area contributed by atoms with Gasteiger partial charge < -0.3 is 0 Å². The van der Waals surface area contributed by atoms with Crippen LogP contribution in [0.5, 0.6) is 0 Å². The second-order valence-corrected chi connectivity index (χ2v) is 6.28. The Labute approximate surface area is 148 Å². The Bertz CT molecular complexity index is 1070. The Balaban J connectivity index is 1.97. The number of halogens is 2. The molecule has 0 atom stereocenters. The first-order chi connectivity index (χ1) is 12.0. The van der Waals surface area contributed by atoms with Crippen molar-refractivity contribution < 1.29 is 4.39 Å². The van der Waals surface area contributed by atoms with E-state index in [9.17, 15) is 4.39 Å². The molecule has 0 aliphatic rings. The molecule has 0 N–H and O–H groups in total. The zero-order valence-electron chi connectivity index (χ0n) is 13.7. The lowest BCUT2D eigenvalue weighted by Gasteiger charge is -2.05. The highest BCUT2D eigenvalue weighted by atomic mass is 35.5. The van der Waals surface area contributed by atoms with E-state index in [0.29, 0.717) is 27.4 Å². The number of aryl methyl sites for hydroxylation is 2. The summed E-state index contributed by atoms with van der Waals surface area (Å²) in [6.45, 7) is 2.02. The summed E-state index contributed by atoms with van der Waals surface area (Å²) in [6, 6.07) is 14.1. The predicted octanol–water partition coefficient (Wildman–Crippen LogP) is 4.80. The van der Waals surface area contributed by atoms with Gasteiger partial charge in [0.2, 0.25) is 0 Å². The Morgan fingerprint density at radius 3 is 2.16 bits per heavy atom. The van der Waals surface area contributed by atoms with Crippen LogP contribution in [0.25, 0.3) is 33.5 Å². The van der Waals surface area contributed by atoms with Gasteiger partial charge in [0, 0.05) is 18.2 Å². The molecule has 0 bridgehead atoms. The number of hydrogen-bond donors (Lipinski definition) is 0. The topological polar surface area (TPSA) is 43.6 Å². The van der Waals surface area contributed by atoms with Gasteiger partial charge in [-0.3, -0.25) is 0 Å². The van der Waals surface area contributed by atoms with E-state index in [1.807, 2.05) is 31.2 Å². The molecule has 0 aliphatic heterocycles. The average molecular weight is 353 g/mol. The van der Waals surface area contributed by atoms with Gasteiger partial charge in [-0.1, -0.05) is 41.4 Å². The first kappa shape index (κ1) is 15.7. The third kappa shape index (κ3) is 2.66. The maximum absolute atomic E-state index is 13.2. The van der Waals surface area contributed by atoms with Crippen molar-refractivity contribution in [3.8, 4) is 22.5 Å². The van der Waals surface area contributed by atoms with Crippen molar-refractivity contribution in [3.05, 3.63) is 64.9 Å². The quantitative estimate of drug-likeness (QED) is 0.520. The largest absolute Gasteiger partial charge is 0.248 e. The summed E-state index contributed by atoms with van der Waals surface area (Å²) >= 11 is 6.69. The Kier molecular flexibility index (Phi) is 3.73. The molecule has 0 saturated heterocycles. The van der Waals surface area contributed by atoms with Gasteiger partial charge >= 0.3 is 0 Å². The maximum Gasteiger partial charge on any atom is 0.182 e. The number of fused-ring (bicyclic) bond motifs is 1. The molecule has 0 fully saturated rings. The highest BCUT2D eigenvalue weighted by Crippen LogP contribution is 2.36. The van der Waals surface area contributed by atoms with Crippen LogP contribution in [-0.2, 0) is 7.05 Å². The van der Waals surface area contributed by atoms with Crippen LogP contribution < -0.4 is 0 Å². The van der Waals surface area contributed by atoms with Gasteiger partial charge in [0.25, 0.3) is 0 Å². The molecule has 4 aromatic rings. The lowest BCUT2D eigenvalue weighted by molar-refractivity contribution is 0.628. The summed E-state index contributed by atoms with van der Waals surface area (Å²) in [5.74, 6) is -0.296. The molecular weight excluding hydrogens is 339 g/mol.